The van der Waals surface area contributed by atoms with Gasteiger partial charge in [0.1, 0.15) is 5.60 Å². The van der Waals surface area contributed by atoms with Crippen molar-refractivity contribution >= 4 is 28.8 Å². The first-order valence-corrected chi connectivity index (χ1v) is 7.90. The number of carbonyl (C=O) groups is 2. The minimum Gasteiger partial charge on any atom is -0.461 e. The van der Waals surface area contributed by atoms with E-state index in [4.69, 9.17) is 14.9 Å². The predicted molar refractivity (Wildman–Crippen MR) is 79.4 cm³/mol. The van der Waals surface area contributed by atoms with Crippen molar-refractivity contribution in [3.63, 3.8) is 0 Å². The number of ether oxygens (including phenoxy) is 2. The van der Waals surface area contributed by atoms with Crippen molar-refractivity contribution in [2.75, 3.05) is 12.4 Å². The highest BCUT2D eigenvalue weighted by Gasteiger charge is 2.65. The van der Waals surface area contributed by atoms with Crippen LogP contribution < -0.4 is 10.6 Å². The lowest BCUT2D eigenvalue weighted by Gasteiger charge is -2.52. The molecular weight excluding hydrogens is 326 g/mol. The van der Waals surface area contributed by atoms with Gasteiger partial charge >= 0.3 is 0 Å². The Bertz CT molecular complexity index is 623. The molecule has 9 nitrogen and oxygen atoms in total. The van der Waals surface area contributed by atoms with Gasteiger partial charge in [-0.25, -0.2) is 0 Å². The second-order valence-corrected chi connectivity index (χ2v) is 6.94. The summed E-state index contributed by atoms with van der Waals surface area (Å²) in [5.41, 5.74) is -5.73. The Kier molecular flexibility index (Phi) is 3.49. The number of hydrogen-bond acceptors (Lipinski definition) is 8. The summed E-state index contributed by atoms with van der Waals surface area (Å²) in [6.07, 6.45) is -1.21. The van der Waals surface area contributed by atoms with Crippen LogP contribution >= 0.6 is 11.8 Å². The fourth-order valence-corrected chi connectivity index (χ4v) is 3.57. The van der Waals surface area contributed by atoms with Crippen LogP contribution in [-0.2, 0) is 19.1 Å². The van der Waals surface area contributed by atoms with E-state index in [2.05, 4.69) is 17.2 Å². The van der Waals surface area contributed by atoms with Crippen LogP contribution in [0.2, 0.25) is 0 Å². The molecule has 126 valence electrons. The molecular formula is C13H17N3O6S. The first-order valence-electron chi connectivity index (χ1n) is 6.92. The van der Waals surface area contributed by atoms with E-state index in [0.717, 1.165) is 11.8 Å². The number of hydrogen-bond donors (Lipinski definition) is 5. The Morgan fingerprint density at radius 3 is 2.74 bits per heavy atom. The number of fused-ring (bicyclic) bond motifs is 5. The average Bonchev–Trinajstić information content (AvgIpc) is 2.46. The minimum absolute atomic E-state index is 0.0226. The molecule has 2 bridgehead atoms. The SMILES string of the molecule is C=C1CCOC2(C3OC(=N)SCC3(C)O)NC(=O)C1(O)NC2=O. The summed E-state index contributed by atoms with van der Waals surface area (Å²) >= 11 is 0.973. The van der Waals surface area contributed by atoms with Gasteiger partial charge in [-0.15, -0.1) is 0 Å². The lowest BCUT2D eigenvalue weighted by molar-refractivity contribution is -0.220. The number of thioether (sulfide) groups is 1. The van der Waals surface area contributed by atoms with Gasteiger partial charge in [-0.2, -0.15) is 0 Å². The Hall–Kier alpha value is -1.62. The molecule has 0 saturated carbocycles. The quantitative estimate of drug-likeness (QED) is 0.362. The van der Waals surface area contributed by atoms with E-state index in [0.29, 0.717) is 0 Å². The van der Waals surface area contributed by atoms with Crippen molar-refractivity contribution in [1.29, 1.82) is 5.41 Å². The highest BCUT2D eigenvalue weighted by atomic mass is 32.2. The number of rotatable bonds is 1. The van der Waals surface area contributed by atoms with Crippen LogP contribution in [0.3, 0.4) is 0 Å². The number of aliphatic hydroxyl groups is 2. The van der Waals surface area contributed by atoms with Gasteiger partial charge in [0.05, 0.1) is 6.61 Å². The average molecular weight is 343 g/mol. The molecule has 4 unspecified atom stereocenters. The standard InChI is InChI=1S/C13H17N3O6S/c1-6-3-4-21-13(7-11(2,19)5-23-10(14)22-7)9(18)15-12(6,20)8(17)16-13/h7,14,19-20H,1,3-5H2,2H3,(H,15,18)(H,16,17). The number of nitrogens with one attached hydrogen (secondary N) is 3. The van der Waals surface area contributed by atoms with E-state index < -0.39 is 35.0 Å². The molecule has 0 aromatic rings. The van der Waals surface area contributed by atoms with Crippen LogP contribution in [-0.4, -0.2) is 62.8 Å². The summed E-state index contributed by atoms with van der Waals surface area (Å²) in [6.45, 7) is 5.00. The first-order chi connectivity index (χ1) is 10.6. The molecule has 4 aliphatic rings. The molecule has 23 heavy (non-hydrogen) atoms. The molecule has 0 radical (unpaired) electrons. The molecule has 5 N–H and O–H groups in total. The minimum atomic E-state index is -2.23. The van der Waals surface area contributed by atoms with Crippen molar-refractivity contribution in [2.45, 2.75) is 36.5 Å². The first kappa shape index (κ1) is 16.2. The van der Waals surface area contributed by atoms with Crippen molar-refractivity contribution in [3.8, 4) is 0 Å². The molecule has 2 amide bonds. The highest BCUT2D eigenvalue weighted by Crippen LogP contribution is 2.38. The van der Waals surface area contributed by atoms with Crippen LogP contribution in [0.15, 0.2) is 12.2 Å². The summed E-state index contributed by atoms with van der Waals surface area (Å²) in [5.74, 6) is -1.71. The van der Waals surface area contributed by atoms with Crippen molar-refractivity contribution in [1.82, 2.24) is 10.6 Å². The predicted octanol–water partition coefficient (Wildman–Crippen LogP) is -1.59. The van der Waals surface area contributed by atoms with Gasteiger partial charge in [-0.05, 0) is 18.9 Å². The second-order valence-electron chi connectivity index (χ2n) is 5.99. The topological polar surface area (TPSA) is 141 Å². The highest BCUT2D eigenvalue weighted by molar-refractivity contribution is 8.13. The Morgan fingerprint density at radius 1 is 1.35 bits per heavy atom. The summed E-state index contributed by atoms with van der Waals surface area (Å²) in [5, 5.41) is 32.9. The normalized spacial score (nSPS) is 44.0. The van der Waals surface area contributed by atoms with Gasteiger partial charge in [0.25, 0.3) is 17.5 Å². The number of amides is 2. The van der Waals surface area contributed by atoms with Crippen molar-refractivity contribution < 1.29 is 29.3 Å². The summed E-state index contributed by atoms with van der Waals surface area (Å²) in [4.78, 5) is 25.0. The molecule has 0 aromatic carbocycles. The number of carbonyl (C=O) groups excluding carboxylic acids is 2. The Morgan fingerprint density at radius 2 is 2.04 bits per heavy atom. The summed E-state index contributed by atoms with van der Waals surface area (Å²) in [7, 11) is 0. The van der Waals surface area contributed by atoms with Crippen LogP contribution in [0.1, 0.15) is 13.3 Å². The zero-order chi connectivity index (χ0) is 17.0. The van der Waals surface area contributed by atoms with Crippen LogP contribution in [0, 0.1) is 5.41 Å². The summed E-state index contributed by atoms with van der Waals surface area (Å²) in [6, 6.07) is 0. The van der Waals surface area contributed by atoms with E-state index in [9.17, 15) is 19.8 Å². The fraction of sp³-hybridized carbons (Fsp3) is 0.615. The molecule has 4 aliphatic heterocycles. The third-order valence-electron chi connectivity index (χ3n) is 4.16. The van der Waals surface area contributed by atoms with Crippen LogP contribution in [0.5, 0.6) is 0 Å². The molecule has 10 heteroatoms. The fourth-order valence-electron chi connectivity index (χ4n) is 2.83. The van der Waals surface area contributed by atoms with Crippen molar-refractivity contribution in [2.24, 2.45) is 0 Å². The van der Waals surface area contributed by atoms with Gasteiger partial charge in [0.15, 0.2) is 6.10 Å². The molecule has 4 fully saturated rings. The lowest BCUT2D eigenvalue weighted by atomic mass is 9.85. The van der Waals surface area contributed by atoms with Crippen LogP contribution in [0.4, 0.5) is 0 Å². The van der Waals surface area contributed by atoms with E-state index in [-0.39, 0.29) is 29.6 Å². The molecule has 4 heterocycles. The second kappa shape index (κ2) is 4.94. The van der Waals surface area contributed by atoms with Crippen molar-refractivity contribution in [3.05, 3.63) is 12.2 Å². The zero-order valence-corrected chi connectivity index (χ0v) is 13.2. The van der Waals surface area contributed by atoms with E-state index >= 15 is 0 Å². The van der Waals surface area contributed by atoms with Crippen LogP contribution in [0.25, 0.3) is 0 Å². The van der Waals surface area contributed by atoms with E-state index in [1.54, 1.807) is 0 Å². The maximum absolute atomic E-state index is 12.6. The lowest BCUT2D eigenvalue weighted by Crippen LogP contribution is -2.83. The zero-order valence-electron chi connectivity index (χ0n) is 12.3. The van der Waals surface area contributed by atoms with Gasteiger partial charge < -0.3 is 30.3 Å². The molecule has 0 spiro atoms. The molecule has 0 aromatic heterocycles. The maximum atomic E-state index is 12.6. The van der Waals surface area contributed by atoms with Gasteiger partial charge in [0.2, 0.25) is 11.0 Å². The Labute approximate surface area is 135 Å². The monoisotopic (exact) mass is 343 g/mol. The molecule has 4 atom stereocenters. The molecule has 4 saturated heterocycles. The van der Waals surface area contributed by atoms with E-state index in [1.807, 2.05) is 0 Å². The van der Waals surface area contributed by atoms with E-state index in [1.165, 1.54) is 6.92 Å². The largest absolute Gasteiger partial charge is 0.461 e. The Balaban J connectivity index is 2.06. The third kappa shape index (κ3) is 2.24. The summed E-state index contributed by atoms with van der Waals surface area (Å²) < 4.78 is 10.9. The number of piperazine rings is 1. The van der Waals surface area contributed by atoms with Gasteiger partial charge in [-0.1, -0.05) is 18.3 Å². The smallest absolute Gasteiger partial charge is 0.280 e. The van der Waals surface area contributed by atoms with Gasteiger partial charge in [-0.3, -0.25) is 15.0 Å². The van der Waals surface area contributed by atoms with Gasteiger partial charge in [0, 0.05) is 5.75 Å². The molecule has 0 aliphatic carbocycles. The molecule has 4 rings (SSSR count). The third-order valence-corrected chi connectivity index (χ3v) is 5.25. The maximum Gasteiger partial charge on any atom is 0.280 e.